The first-order chi connectivity index (χ1) is 13.7. The van der Waals surface area contributed by atoms with Crippen LogP contribution in [0.15, 0.2) is 49.1 Å². The van der Waals surface area contributed by atoms with Crippen molar-refractivity contribution in [2.75, 3.05) is 13.1 Å². The fourth-order valence-electron chi connectivity index (χ4n) is 3.60. The summed E-state index contributed by atoms with van der Waals surface area (Å²) in [7, 11) is 0. The highest BCUT2D eigenvalue weighted by Gasteiger charge is 2.43. The molecule has 1 aromatic carbocycles. The molecule has 1 aromatic heterocycles. The summed E-state index contributed by atoms with van der Waals surface area (Å²) in [5, 5.41) is 6.03. The van der Waals surface area contributed by atoms with Gasteiger partial charge in [-0.15, -0.1) is 0 Å². The predicted octanol–water partition coefficient (Wildman–Crippen LogP) is 2.19. The van der Waals surface area contributed by atoms with Crippen molar-refractivity contribution in [2.24, 2.45) is 0 Å². The van der Waals surface area contributed by atoms with Crippen LogP contribution in [0.2, 0.25) is 0 Å². The van der Waals surface area contributed by atoms with Crippen molar-refractivity contribution in [1.82, 2.24) is 25.1 Å². The number of amides is 3. The highest BCUT2D eigenvalue weighted by molar-refractivity contribution is 5.91. The molecule has 0 radical (unpaired) electrons. The summed E-state index contributed by atoms with van der Waals surface area (Å²) in [4.78, 5) is 31.3. The Morgan fingerprint density at radius 3 is 2.75 bits per heavy atom. The number of aryl methyl sites for hydroxylation is 1. The molecule has 3 rings (SSSR count). The Morgan fingerprint density at radius 1 is 1.21 bits per heavy atom. The lowest BCUT2D eigenvalue weighted by molar-refractivity contribution is -0.125. The first-order valence-electron chi connectivity index (χ1n) is 10.0. The van der Waals surface area contributed by atoms with Gasteiger partial charge in [-0.25, -0.2) is 9.78 Å². The molecule has 1 fully saturated rings. The molecule has 2 unspecified atom stereocenters. The maximum absolute atomic E-state index is 12.9. The van der Waals surface area contributed by atoms with Crippen LogP contribution in [0, 0.1) is 0 Å². The van der Waals surface area contributed by atoms with Gasteiger partial charge in [0.1, 0.15) is 6.04 Å². The molecule has 1 aliphatic rings. The number of carbonyl (C=O) groups excluding carboxylic acids is 2. The van der Waals surface area contributed by atoms with Crippen molar-refractivity contribution in [1.29, 1.82) is 0 Å². The summed E-state index contributed by atoms with van der Waals surface area (Å²) in [6, 6.07) is 9.09. The van der Waals surface area contributed by atoms with E-state index in [0.29, 0.717) is 19.5 Å². The van der Waals surface area contributed by atoms with E-state index in [9.17, 15) is 9.59 Å². The second kappa shape index (κ2) is 9.92. The van der Waals surface area contributed by atoms with Gasteiger partial charge in [0, 0.05) is 32.0 Å². The average molecular weight is 383 g/mol. The van der Waals surface area contributed by atoms with Crippen molar-refractivity contribution in [2.45, 2.75) is 51.2 Å². The summed E-state index contributed by atoms with van der Waals surface area (Å²) in [5.74, 6) is -0.0737. The topological polar surface area (TPSA) is 79.3 Å². The molecule has 0 saturated carbocycles. The Morgan fingerprint density at radius 2 is 2.04 bits per heavy atom. The Hall–Kier alpha value is -2.83. The fourth-order valence-corrected chi connectivity index (χ4v) is 3.60. The molecule has 1 saturated heterocycles. The van der Waals surface area contributed by atoms with Crippen LogP contribution in [0.3, 0.4) is 0 Å². The minimum absolute atomic E-state index is 0.0737. The second-order valence-corrected chi connectivity index (χ2v) is 7.18. The molecule has 7 nitrogen and oxygen atoms in total. The number of carbonyl (C=O) groups is 2. The molecular weight excluding hydrogens is 354 g/mol. The molecule has 2 aromatic rings. The third kappa shape index (κ3) is 5.12. The van der Waals surface area contributed by atoms with E-state index in [4.69, 9.17) is 0 Å². The molecule has 3 amide bonds. The van der Waals surface area contributed by atoms with E-state index < -0.39 is 6.04 Å². The van der Waals surface area contributed by atoms with Crippen molar-refractivity contribution in [3.05, 3.63) is 54.6 Å². The van der Waals surface area contributed by atoms with E-state index in [-0.39, 0.29) is 18.0 Å². The number of aromatic nitrogens is 2. The lowest BCUT2D eigenvalue weighted by Gasteiger charge is -2.26. The van der Waals surface area contributed by atoms with Crippen LogP contribution in [0.25, 0.3) is 0 Å². The summed E-state index contributed by atoms with van der Waals surface area (Å²) < 4.78 is 1.98. The second-order valence-electron chi connectivity index (χ2n) is 7.18. The number of rotatable bonds is 10. The minimum Gasteiger partial charge on any atom is -0.354 e. The van der Waals surface area contributed by atoms with Gasteiger partial charge < -0.3 is 20.1 Å². The Balaban J connectivity index is 1.67. The highest BCUT2D eigenvalue weighted by atomic mass is 16.2. The monoisotopic (exact) mass is 383 g/mol. The summed E-state index contributed by atoms with van der Waals surface area (Å²) in [6.45, 7) is 4.02. The zero-order valence-corrected chi connectivity index (χ0v) is 16.4. The molecule has 2 N–H and O–H groups in total. The molecule has 2 atom stereocenters. The molecule has 0 spiro atoms. The molecule has 7 heteroatoms. The Kier molecular flexibility index (Phi) is 7.06. The number of benzene rings is 1. The lowest BCUT2D eigenvalue weighted by Crippen LogP contribution is -2.50. The third-order valence-corrected chi connectivity index (χ3v) is 5.06. The number of hydrogen-bond acceptors (Lipinski definition) is 3. The normalized spacial score (nSPS) is 18.9. The number of urea groups is 1. The molecular formula is C21H29N5O2. The van der Waals surface area contributed by atoms with Crippen molar-refractivity contribution >= 4 is 11.9 Å². The quantitative estimate of drug-likeness (QED) is 0.617. The SMILES string of the molecule is CCCCNC(=O)C1C(Cc2ccccc2)NC(=O)N1CCCn1ccnc1. The first-order valence-corrected chi connectivity index (χ1v) is 10.0. The van der Waals surface area contributed by atoms with Gasteiger partial charge in [-0.05, 0) is 24.8 Å². The van der Waals surface area contributed by atoms with Gasteiger partial charge in [-0.3, -0.25) is 4.79 Å². The van der Waals surface area contributed by atoms with Gasteiger partial charge in [0.15, 0.2) is 0 Å². The summed E-state index contributed by atoms with van der Waals surface area (Å²) in [5.41, 5.74) is 1.11. The molecule has 1 aliphatic heterocycles. The predicted molar refractivity (Wildman–Crippen MR) is 108 cm³/mol. The third-order valence-electron chi connectivity index (χ3n) is 5.06. The van der Waals surface area contributed by atoms with Gasteiger partial charge in [0.05, 0.1) is 12.4 Å². The van der Waals surface area contributed by atoms with Crippen LogP contribution >= 0.6 is 0 Å². The van der Waals surface area contributed by atoms with E-state index in [1.54, 1.807) is 17.4 Å². The number of hydrogen-bond donors (Lipinski definition) is 2. The molecule has 0 aliphatic carbocycles. The Labute approximate surface area is 166 Å². The first kappa shape index (κ1) is 19.9. The number of unbranched alkanes of at least 4 members (excludes halogenated alkanes) is 1. The van der Waals surface area contributed by atoms with E-state index >= 15 is 0 Å². The summed E-state index contributed by atoms with van der Waals surface area (Å²) in [6.07, 6.45) is 8.75. The number of imidazole rings is 1. The van der Waals surface area contributed by atoms with Crippen molar-refractivity contribution in [3.63, 3.8) is 0 Å². The van der Waals surface area contributed by atoms with Crippen LogP contribution in [0.1, 0.15) is 31.7 Å². The molecule has 2 heterocycles. The van der Waals surface area contributed by atoms with Crippen LogP contribution < -0.4 is 10.6 Å². The standard InChI is InChI=1S/C21H29N5O2/c1-2-3-10-23-20(27)19-18(15-17-8-5-4-6-9-17)24-21(28)26(19)13-7-12-25-14-11-22-16-25/h4-6,8-9,11,14,16,18-19H,2-3,7,10,12-13,15H2,1H3,(H,23,27)(H,24,28). The zero-order valence-electron chi connectivity index (χ0n) is 16.4. The van der Waals surface area contributed by atoms with Crippen LogP contribution in [0.5, 0.6) is 0 Å². The summed E-state index contributed by atoms with van der Waals surface area (Å²) >= 11 is 0. The van der Waals surface area contributed by atoms with Crippen molar-refractivity contribution in [3.8, 4) is 0 Å². The van der Waals surface area contributed by atoms with Crippen molar-refractivity contribution < 1.29 is 9.59 Å². The van der Waals surface area contributed by atoms with Gasteiger partial charge in [0.25, 0.3) is 0 Å². The maximum atomic E-state index is 12.9. The van der Waals surface area contributed by atoms with Gasteiger partial charge in [-0.2, -0.15) is 0 Å². The zero-order chi connectivity index (χ0) is 19.8. The molecule has 150 valence electrons. The molecule has 28 heavy (non-hydrogen) atoms. The van der Waals surface area contributed by atoms with E-state index in [1.807, 2.05) is 41.1 Å². The van der Waals surface area contributed by atoms with Gasteiger partial charge >= 0.3 is 6.03 Å². The maximum Gasteiger partial charge on any atom is 0.318 e. The smallest absolute Gasteiger partial charge is 0.318 e. The molecule has 0 bridgehead atoms. The lowest BCUT2D eigenvalue weighted by atomic mass is 9.99. The average Bonchev–Trinajstić information content (AvgIpc) is 3.31. The van der Waals surface area contributed by atoms with Gasteiger partial charge in [0.2, 0.25) is 5.91 Å². The van der Waals surface area contributed by atoms with Crippen LogP contribution in [-0.2, 0) is 17.8 Å². The Bertz CT molecular complexity index is 747. The number of nitrogens with zero attached hydrogens (tertiary/aromatic N) is 3. The van der Waals surface area contributed by atoms with Gasteiger partial charge in [-0.1, -0.05) is 43.7 Å². The van der Waals surface area contributed by atoms with E-state index in [0.717, 1.165) is 31.4 Å². The van der Waals surface area contributed by atoms with Crippen LogP contribution in [-0.4, -0.2) is 51.6 Å². The van der Waals surface area contributed by atoms with E-state index in [2.05, 4.69) is 22.5 Å². The van der Waals surface area contributed by atoms with E-state index in [1.165, 1.54) is 0 Å². The van der Waals surface area contributed by atoms with Crippen LogP contribution in [0.4, 0.5) is 4.79 Å². The fraction of sp³-hybridized carbons (Fsp3) is 0.476. The number of nitrogens with one attached hydrogen (secondary N) is 2. The minimum atomic E-state index is -0.493. The largest absolute Gasteiger partial charge is 0.354 e. The highest BCUT2D eigenvalue weighted by Crippen LogP contribution is 2.19.